The molecule has 0 bridgehead atoms. The minimum Gasteiger partial charge on any atom is -0.331 e. The van der Waals surface area contributed by atoms with E-state index in [4.69, 9.17) is 0 Å². The molecule has 1 saturated heterocycles. The summed E-state index contributed by atoms with van der Waals surface area (Å²) in [6.45, 7) is 0. The second-order valence-electron chi connectivity index (χ2n) is 4.81. The molecular weight excluding hydrogens is 216 g/mol. The van der Waals surface area contributed by atoms with Gasteiger partial charge in [-0.2, -0.15) is 0 Å². The van der Waals surface area contributed by atoms with Crippen molar-refractivity contribution < 1.29 is 9.59 Å². The van der Waals surface area contributed by atoms with Crippen molar-refractivity contribution in [1.29, 1.82) is 0 Å². The lowest BCUT2D eigenvalue weighted by Crippen LogP contribution is -2.65. The maximum atomic E-state index is 12.1. The zero-order valence-corrected chi connectivity index (χ0v) is 9.48. The second kappa shape index (κ2) is 3.58. The van der Waals surface area contributed by atoms with Gasteiger partial charge in [-0.15, -0.1) is 0 Å². The SMILES string of the molecule is O=C1CC2(CCC2)NC(=O)N1c1ccccc1. The van der Waals surface area contributed by atoms with Crippen LogP contribution >= 0.6 is 0 Å². The first-order valence-electron chi connectivity index (χ1n) is 5.90. The number of hydrogen-bond donors (Lipinski definition) is 1. The number of anilines is 1. The maximum absolute atomic E-state index is 12.1. The molecule has 1 aromatic rings. The highest BCUT2D eigenvalue weighted by molar-refractivity contribution is 6.16. The first-order chi connectivity index (χ1) is 8.20. The lowest BCUT2D eigenvalue weighted by atomic mass is 9.73. The van der Waals surface area contributed by atoms with Crippen molar-refractivity contribution in [3.63, 3.8) is 0 Å². The number of benzene rings is 1. The fourth-order valence-corrected chi connectivity index (χ4v) is 2.55. The minimum atomic E-state index is -0.285. The molecule has 1 aromatic carbocycles. The lowest BCUT2D eigenvalue weighted by Gasteiger charge is -2.47. The lowest BCUT2D eigenvalue weighted by molar-refractivity contribution is -0.121. The van der Waals surface area contributed by atoms with Crippen molar-refractivity contribution in [2.45, 2.75) is 31.2 Å². The number of rotatable bonds is 1. The molecule has 0 aromatic heterocycles. The molecule has 88 valence electrons. The highest BCUT2D eigenvalue weighted by Crippen LogP contribution is 2.38. The van der Waals surface area contributed by atoms with Crippen LogP contribution in [0.3, 0.4) is 0 Å². The van der Waals surface area contributed by atoms with Crippen LogP contribution in [0.15, 0.2) is 30.3 Å². The third kappa shape index (κ3) is 1.60. The molecule has 1 N–H and O–H groups in total. The van der Waals surface area contributed by atoms with Crippen LogP contribution in [-0.4, -0.2) is 17.5 Å². The van der Waals surface area contributed by atoms with Crippen LogP contribution in [-0.2, 0) is 4.79 Å². The second-order valence-corrected chi connectivity index (χ2v) is 4.81. The largest absolute Gasteiger partial charge is 0.331 e. The van der Waals surface area contributed by atoms with E-state index in [1.54, 1.807) is 12.1 Å². The topological polar surface area (TPSA) is 49.4 Å². The normalized spacial score (nSPS) is 22.2. The van der Waals surface area contributed by atoms with Gasteiger partial charge in [-0.05, 0) is 31.4 Å². The Balaban J connectivity index is 1.88. The molecule has 1 saturated carbocycles. The van der Waals surface area contributed by atoms with Crippen molar-refractivity contribution in [2.24, 2.45) is 0 Å². The summed E-state index contributed by atoms with van der Waals surface area (Å²) in [6, 6.07) is 8.77. The fraction of sp³-hybridized carbons (Fsp3) is 0.385. The van der Waals surface area contributed by atoms with Crippen molar-refractivity contribution in [2.75, 3.05) is 4.90 Å². The van der Waals surface area contributed by atoms with E-state index < -0.39 is 0 Å². The summed E-state index contributed by atoms with van der Waals surface area (Å²) in [5.41, 5.74) is 0.406. The molecule has 1 aliphatic heterocycles. The number of imide groups is 1. The standard InChI is InChI=1S/C13H14N2O2/c16-11-9-13(7-4-8-13)14-12(17)15(11)10-5-2-1-3-6-10/h1-3,5-6H,4,7-9H2,(H,14,17). The Hall–Kier alpha value is -1.84. The number of carbonyl (C=O) groups is 2. The van der Waals surface area contributed by atoms with Gasteiger partial charge >= 0.3 is 6.03 Å². The van der Waals surface area contributed by atoms with E-state index in [1.807, 2.05) is 18.2 Å². The summed E-state index contributed by atoms with van der Waals surface area (Å²) in [7, 11) is 0. The van der Waals surface area contributed by atoms with E-state index in [2.05, 4.69) is 5.32 Å². The summed E-state index contributed by atoms with van der Waals surface area (Å²) < 4.78 is 0. The summed E-state index contributed by atoms with van der Waals surface area (Å²) >= 11 is 0. The first-order valence-corrected chi connectivity index (χ1v) is 5.90. The van der Waals surface area contributed by atoms with E-state index in [9.17, 15) is 9.59 Å². The van der Waals surface area contributed by atoms with Gasteiger partial charge in [0.05, 0.1) is 17.6 Å². The predicted octanol–water partition coefficient (Wildman–Crippen LogP) is 2.06. The number of nitrogens with one attached hydrogen (secondary N) is 1. The number of nitrogens with zero attached hydrogens (tertiary/aromatic N) is 1. The smallest absolute Gasteiger partial charge is 0.329 e. The Bertz CT molecular complexity index is 446. The van der Waals surface area contributed by atoms with Crippen molar-refractivity contribution in [3.8, 4) is 0 Å². The predicted molar refractivity (Wildman–Crippen MR) is 63.7 cm³/mol. The molecule has 2 fully saturated rings. The van der Waals surface area contributed by atoms with E-state index >= 15 is 0 Å². The highest BCUT2D eigenvalue weighted by atomic mass is 16.2. The Labute approximate surface area is 99.6 Å². The summed E-state index contributed by atoms with van der Waals surface area (Å²) in [4.78, 5) is 25.3. The Morgan fingerprint density at radius 3 is 2.35 bits per heavy atom. The molecule has 1 heterocycles. The van der Waals surface area contributed by atoms with Gasteiger partial charge in [0, 0.05) is 0 Å². The average Bonchev–Trinajstić information content (AvgIpc) is 2.27. The van der Waals surface area contributed by atoms with Crippen molar-refractivity contribution in [3.05, 3.63) is 30.3 Å². The van der Waals surface area contributed by atoms with Gasteiger partial charge in [0.15, 0.2) is 0 Å². The van der Waals surface area contributed by atoms with E-state index in [1.165, 1.54) is 4.90 Å². The third-order valence-corrected chi connectivity index (χ3v) is 3.64. The molecule has 3 rings (SSSR count). The van der Waals surface area contributed by atoms with Crippen LogP contribution in [0.4, 0.5) is 10.5 Å². The quantitative estimate of drug-likeness (QED) is 0.802. The van der Waals surface area contributed by atoms with Crippen LogP contribution in [0, 0.1) is 0 Å². The molecule has 2 aliphatic rings. The Morgan fingerprint density at radius 2 is 1.82 bits per heavy atom. The number of urea groups is 1. The summed E-state index contributed by atoms with van der Waals surface area (Å²) in [5, 5.41) is 2.97. The number of carbonyl (C=O) groups excluding carboxylic acids is 2. The molecule has 17 heavy (non-hydrogen) atoms. The van der Waals surface area contributed by atoms with Gasteiger partial charge in [-0.3, -0.25) is 4.79 Å². The van der Waals surface area contributed by atoms with Crippen LogP contribution in [0.5, 0.6) is 0 Å². The summed E-state index contributed by atoms with van der Waals surface area (Å²) in [5.74, 6) is -0.0975. The van der Waals surface area contributed by atoms with Crippen LogP contribution < -0.4 is 10.2 Å². The Morgan fingerprint density at radius 1 is 1.12 bits per heavy atom. The average molecular weight is 230 g/mol. The molecule has 3 amide bonds. The van der Waals surface area contributed by atoms with E-state index in [0.717, 1.165) is 19.3 Å². The van der Waals surface area contributed by atoms with Crippen LogP contribution in [0.1, 0.15) is 25.7 Å². The zero-order chi connectivity index (χ0) is 11.9. The number of para-hydroxylation sites is 1. The van der Waals surface area contributed by atoms with Crippen molar-refractivity contribution in [1.82, 2.24) is 5.32 Å². The third-order valence-electron chi connectivity index (χ3n) is 3.64. The minimum absolute atomic E-state index is 0.0975. The fourth-order valence-electron chi connectivity index (χ4n) is 2.55. The molecule has 0 radical (unpaired) electrons. The molecule has 0 atom stereocenters. The molecule has 1 spiro atoms. The highest BCUT2D eigenvalue weighted by Gasteiger charge is 2.47. The van der Waals surface area contributed by atoms with Gasteiger partial charge in [0.1, 0.15) is 0 Å². The number of amides is 3. The van der Waals surface area contributed by atoms with Gasteiger partial charge in [-0.1, -0.05) is 18.2 Å². The Kier molecular flexibility index (Phi) is 2.18. The molecule has 4 heteroatoms. The molecule has 1 aliphatic carbocycles. The van der Waals surface area contributed by atoms with Crippen LogP contribution in [0.2, 0.25) is 0 Å². The number of hydrogen-bond acceptors (Lipinski definition) is 2. The van der Waals surface area contributed by atoms with E-state index in [0.29, 0.717) is 12.1 Å². The van der Waals surface area contributed by atoms with Gasteiger partial charge in [0.2, 0.25) is 5.91 Å². The first kappa shape index (κ1) is 10.3. The monoisotopic (exact) mass is 230 g/mol. The van der Waals surface area contributed by atoms with Crippen molar-refractivity contribution >= 4 is 17.6 Å². The van der Waals surface area contributed by atoms with Gasteiger partial charge < -0.3 is 5.32 Å². The van der Waals surface area contributed by atoms with Gasteiger partial charge in [-0.25, -0.2) is 9.69 Å². The zero-order valence-electron chi connectivity index (χ0n) is 9.48. The van der Waals surface area contributed by atoms with E-state index in [-0.39, 0.29) is 17.5 Å². The van der Waals surface area contributed by atoms with Crippen LogP contribution in [0.25, 0.3) is 0 Å². The van der Waals surface area contributed by atoms with Gasteiger partial charge in [0.25, 0.3) is 0 Å². The molecule has 0 unspecified atom stereocenters. The maximum Gasteiger partial charge on any atom is 0.329 e. The molecular formula is C13H14N2O2. The summed E-state index contributed by atoms with van der Waals surface area (Å²) in [6.07, 6.45) is 3.37. The molecule has 4 nitrogen and oxygen atoms in total.